The minimum atomic E-state index is -0.503. The molecule has 1 aromatic carbocycles. The molecule has 0 heterocycles. The van der Waals surface area contributed by atoms with E-state index in [9.17, 15) is 10.1 Å². The summed E-state index contributed by atoms with van der Waals surface area (Å²) in [5.41, 5.74) is 0.700. The van der Waals surface area contributed by atoms with Gasteiger partial charge < -0.3 is 5.32 Å². The van der Waals surface area contributed by atoms with Crippen molar-refractivity contribution in [3.8, 4) is 6.07 Å². The Balaban J connectivity index is 2.17. The normalized spacial score (nSPS) is 25.1. The molecule has 1 aliphatic rings. The van der Waals surface area contributed by atoms with Crippen LogP contribution in [-0.2, 0) is 0 Å². The number of nitrogens with one attached hydrogen (secondary N) is 1. The third-order valence-corrected chi connectivity index (χ3v) is 4.42. The molecule has 0 amide bonds. The first kappa shape index (κ1) is 14.3. The molecule has 5 nitrogen and oxygen atoms in total. The molecule has 1 N–H and O–H groups in total. The van der Waals surface area contributed by atoms with Gasteiger partial charge in [0, 0.05) is 17.8 Å². The highest BCUT2D eigenvalue weighted by Gasteiger charge is 2.31. The summed E-state index contributed by atoms with van der Waals surface area (Å²) in [5.74, 6) is 1.29. The number of hydrogen-bond acceptors (Lipinski definition) is 4. The Morgan fingerprint density at radius 3 is 2.80 bits per heavy atom. The Morgan fingerprint density at radius 2 is 2.25 bits per heavy atom. The molecule has 106 valence electrons. The van der Waals surface area contributed by atoms with Crippen molar-refractivity contribution in [2.24, 2.45) is 11.8 Å². The molecule has 20 heavy (non-hydrogen) atoms. The van der Waals surface area contributed by atoms with Crippen molar-refractivity contribution in [3.05, 3.63) is 33.9 Å². The van der Waals surface area contributed by atoms with Crippen LogP contribution in [0.1, 0.15) is 38.7 Å². The van der Waals surface area contributed by atoms with Gasteiger partial charge in [-0.2, -0.15) is 5.26 Å². The van der Waals surface area contributed by atoms with E-state index in [1.807, 2.05) is 6.07 Å². The zero-order valence-corrected chi connectivity index (χ0v) is 11.8. The molecule has 5 heteroatoms. The Hall–Kier alpha value is -2.09. The summed E-state index contributed by atoms with van der Waals surface area (Å²) in [4.78, 5) is 10.5. The maximum atomic E-state index is 11.0. The van der Waals surface area contributed by atoms with Crippen LogP contribution in [0.25, 0.3) is 0 Å². The lowest BCUT2D eigenvalue weighted by Crippen LogP contribution is -2.24. The first-order valence-electron chi connectivity index (χ1n) is 7.01. The molecule has 0 spiro atoms. The van der Waals surface area contributed by atoms with E-state index in [1.165, 1.54) is 25.0 Å². The summed E-state index contributed by atoms with van der Waals surface area (Å²) in [5, 5.41) is 23.2. The van der Waals surface area contributed by atoms with Gasteiger partial charge in [0.1, 0.15) is 11.6 Å². The number of nitro groups is 1. The Morgan fingerprint density at radius 1 is 1.50 bits per heavy atom. The quantitative estimate of drug-likeness (QED) is 0.670. The number of nitro benzene ring substituents is 1. The number of hydrogen-bond donors (Lipinski definition) is 1. The van der Waals surface area contributed by atoms with Crippen molar-refractivity contribution in [3.63, 3.8) is 0 Å². The third-order valence-electron chi connectivity index (χ3n) is 4.42. The third kappa shape index (κ3) is 2.74. The van der Waals surface area contributed by atoms with Crippen molar-refractivity contribution < 1.29 is 4.92 Å². The first-order chi connectivity index (χ1) is 9.56. The van der Waals surface area contributed by atoms with Crippen LogP contribution >= 0.6 is 0 Å². The van der Waals surface area contributed by atoms with E-state index in [-0.39, 0.29) is 11.3 Å². The fourth-order valence-electron chi connectivity index (χ4n) is 3.11. The summed E-state index contributed by atoms with van der Waals surface area (Å²) >= 11 is 0. The van der Waals surface area contributed by atoms with Crippen molar-refractivity contribution in [2.45, 2.75) is 39.2 Å². The lowest BCUT2D eigenvalue weighted by atomic mass is 9.93. The summed E-state index contributed by atoms with van der Waals surface area (Å²) in [6.07, 6.45) is 3.47. The SMILES string of the molecule is CCC1CCC(Nc2ccc(C#N)c([N+](=O)[O-])c2)C1C. The largest absolute Gasteiger partial charge is 0.382 e. The molecular weight excluding hydrogens is 254 g/mol. The van der Waals surface area contributed by atoms with Crippen LogP contribution < -0.4 is 5.32 Å². The van der Waals surface area contributed by atoms with E-state index in [0.717, 1.165) is 18.0 Å². The topological polar surface area (TPSA) is 79.0 Å². The van der Waals surface area contributed by atoms with E-state index >= 15 is 0 Å². The molecule has 2 rings (SSSR count). The van der Waals surface area contributed by atoms with Gasteiger partial charge in [-0.1, -0.05) is 20.3 Å². The smallest absolute Gasteiger partial charge is 0.289 e. The standard InChI is InChI=1S/C15H19N3O2/c1-3-11-5-7-14(10(11)2)17-13-6-4-12(9-16)15(8-13)18(19)20/h4,6,8,10-11,14,17H,3,5,7H2,1-2H3. The Labute approximate surface area is 118 Å². The van der Waals surface area contributed by atoms with Gasteiger partial charge in [0.25, 0.3) is 5.69 Å². The maximum absolute atomic E-state index is 11.0. The zero-order chi connectivity index (χ0) is 14.7. The van der Waals surface area contributed by atoms with Crippen LogP contribution in [0, 0.1) is 33.3 Å². The zero-order valence-electron chi connectivity index (χ0n) is 11.8. The van der Waals surface area contributed by atoms with E-state index in [0.29, 0.717) is 12.0 Å². The number of nitriles is 1. The fourth-order valence-corrected chi connectivity index (χ4v) is 3.11. The maximum Gasteiger partial charge on any atom is 0.289 e. The van der Waals surface area contributed by atoms with Gasteiger partial charge >= 0.3 is 0 Å². The van der Waals surface area contributed by atoms with Crippen LogP contribution in [0.3, 0.4) is 0 Å². The van der Waals surface area contributed by atoms with Crippen LogP contribution in [0.5, 0.6) is 0 Å². The molecular formula is C15H19N3O2. The van der Waals surface area contributed by atoms with Gasteiger partial charge in [-0.25, -0.2) is 0 Å². The van der Waals surface area contributed by atoms with E-state index in [4.69, 9.17) is 5.26 Å². The van der Waals surface area contributed by atoms with Crippen molar-refractivity contribution in [2.75, 3.05) is 5.32 Å². The predicted molar refractivity (Wildman–Crippen MR) is 77.4 cm³/mol. The summed E-state index contributed by atoms with van der Waals surface area (Å²) in [7, 11) is 0. The van der Waals surface area contributed by atoms with Gasteiger partial charge in [-0.15, -0.1) is 0 Å². The number of anilines is 1. The first-order valence-corrected chi connectivity index (χ1v) is 7.01. The van der Waals surface area contributed by atoms with Gasteiger partial charge in [-0.3, -0.25) is 10.1 Å². The highest BCUT2D eigenvalue weighted by atomic mass is 16.6. The molecule has 1 fully saturated rings. The number of rotatable bonds is 4. The van der Waals surface area contributed by atoms with Crippen molar-refractivity contribution in [1.82, 2.24) is 0 Å². The summed E-state index contributed by atoms with van der Waals surface area (Å²) < 4.78 is 0. The fraction of sp³-hybridized carbons (Fsp3) is 0.533. The monoisotopic (exact) mass is 273 g/mol. The molecule has 0 saturated heterocycles. The molecule has 0 aliphatic heterocycles. The van der Waals surface area contributed by atoms with Gasteiger partial charge in [-0.05, 0) is 36.8 Å². The minimum absolute atomic E-state index is 0.103. The average molecular weight is 273 g/mol. The van der Waals surface area contributed by atoms with Crippen molar-refractivity contribution in [1.29, 1.82) is 5.26 Å². The highest BCUT2D eigenvalue weighted by molar-refractivity contribution is 5.59. The molecule has 0 bridgehead atoms. The van der Waals surface area contributed by atoms with E-state index in [1.54, 1.807) is 6.07 Å². The lowest BCUT2D eigenvalue weighted by molar-refractivity contribution is -0.385. The molecule has 1 aromatic rings. The second-order valence-corrected chi connectivity index (χ2v) is 5.46. The molecule has 1 saturated carbocycles. The lowest BCUT2D eigenvalue weighted by Gasteiger charge is -2.22. The van der Waals surface area contributed by atoms with Crippen LogP contribution in [-0.4, -0.2) is 11.0 Å². The average Bonchev–Trinajstić information content (AvgIpc) is 2.79. The van der Waals surface area contributed by atoms with Crippen LogP contribution in [0.4, 0.5) is 11.4 Å². The predicted octanol–water partition coefficient (Wildman–Crippen LogP) is 3.70. The number of nitrogens with zero attached hydrogens (tertiary/aromatic N) is 2. The highest BCUT2D eigenvalue weighted by Crippen LogP contribution is 2.36. The molecule has 3 unspecified atom stereocenters. The van der Waals surface area contributed by atoms with Gasteiger partial charge in [0.2, 0.25) is 0 Å². The van der Waals surface area contributed by atoms with E-state index < -0.39 is 4.92 Å². The molecule has 1 aliphatic carbocycles. The summed E-state index contributed by atoms with van der Waals surface area (Å²) in [6, 6.07) is 6.93. The molecule has 3 atom stereocenters. The Kier molecular flexibility index (Phi) is 4.23. The second kappa shape index (κ2) is 5.91. The summed E-state index contributed by atoms with van der Waals surface area (Å²) in [6.45, 7) is 4.44. The van der Waals surface area contributed by atoms with Gasteiger partial charge in [0.05, 0.1) is 4.92 Å². The molecule has 0 aromatic heterocycles. The van der Waals surface area contributed by atoms with E-state index in [2.05, 4.69) is 19.2 Å². The minimum Gasteiger partial charge on any atom is -0.382 e. The molecule has 0 radical (unpaired) electrons. The van der Waals surface area contributed by atoms with Crippen LogP contribution in [0.2, 0.25) is 0 Å². The second-order valence-electron chi connectivity index (χ2n) is 5.46. The van der Waals surface area contributed by atoms with Crippen LogP contribution in [0.15, 0.2) is 18.2 Å². The number of benzene rings is 1. The van der Waals surface area contributed by atoms with Crippen molar-refractivity contribution >= 4 is 11.4 Å². The van der Waals surface area contributed by atoms with Gasteiger partial charge in [0.15, 0.2) is 0 Å². The Bertz CT molecular complexity index is 551.